The van der Waals surface area contributed by atoms with Gasteiger partial charge in [-0.3, -0.25) is 0 Å². The molecule has 1 heteroatoms. The van der Waals surface area contributed by atoms with Crippen molar-refractivity contribution in [2.24, 2.45) is 11.3 Å². The molecule has 1 nitrogen and oxygen atoms in total. The third kappa shape index (κ3) is 4.08. The molecule has 1 rings (SSSR count). The van der Waals surface area contributed by atoms with E-state index in [4.69, 9.17) is 0 Å². The second kappa shape index (κ2) is 6.64. The lowest BCUT2D eigenvalue weighted by Crippen LogP contribution is -2.29. The summed E-state index contributed by atoms with van der Waals surface area (Å²) in [5, 5.41) is 10.2. The Balaban J connectivity index is 2.17. The SMILES string of the molecule is CCCCCCCC(O)C1CCCC1(C)C. The Bertz CT molecular complexity index is 186. The number of hydrogen-bond acceptors (Lipinski definition) is 1. The van der Waals surface area contributed by atoms with Crippen LogP contribution in [0.25, 0.3) is 0 Å². The normalized spacial score (nSPS) is 25.9. The van der Waals surface area contributed by atoms with E-state index in [1.54, 1.807) is 0 Å². The maximum atomic E-state index is 10.2. The van der Waals surface area contributed by atoms with E-state index in [9.17, 15) is 5.11 Å². The van der Waals surface area contributed by atoms with E-state index < -0.39 is 0 Å². The molecule has 0 radical (unpaired) electrons. The molecule has 1 fully saturated rings. The third-order valence-corrected chi connectivity index (χ3v) is 4.41. The van der Waals surface area contributed by atoms with Crippen LogP contribution < -0.4 is 0 Å². The van der Waals surface area contributed by atoms with Crippen LogP contribution in [-0.2, 0) is 0 Å². The Morgan fingerprint density at radius 3 is 2.44 bits per heavy atom. The van der Waals surface area contributed by atoms with Gasteiger partial charge in [0.05, 0.1) is 6.10 Å². The quantitative estimate of drug-likeness (QED) is 0.632. The summed E-state index contributed by atoms with van der Waals surface area (Å²) in [4.78, 5) is 0. The van der Waals surface area contributed by atoms with Gasteiger partial charge < -0.3 is 5.11 Å². The lowest BCUT2D eigenvalue weighted by molar-refractivity contribution is 0.0455. The average Bonchev–Trinajstić information content (AvgIpc) is 2.57. The fourth-order valence-electron chi connectivity index (χ4n) is 3.23. The van der Waals surface area contributed by atoms with Gasteiger partial charge in [-0.2, -0.15) is 0 Å². The topological polar surface area (TPSA) is 20.2 Å². The minimum atomic E-state index is -0.0425. The molecular formula is C15H30O. The van der Waals surface area contributed by atoms with E-state index in [1.807, 2.05) is 0 Å². The van der Waals surface area contributed by atoms with Crippen LogP contribution in [0.2, 0.25) is 0 Å². The highest BCUT2D eigenvalue weighted by molar-refractivity contribution is 4.88. The smallest absolute Gasteiger partial charge is 0.0573 e. The Kier molecular flexibility index (Phi) is 5.82. The predicted molar refractivity (Wildman–Crippen MR) is 70.5 cm³/mol. The predicted octanol–water partition coefficient (Wildman–Crippen LogP) is 4.53. The van der Waals surface area contributed by atoms with Crippen molar-refractivity contribution in [3.05, 3.63) is 0 Å². The summed E-state index contributed by atoms with van der Waals surface area (Å²) in [5.41, 5.74) is 0.378. The van der Waals surface area contributed by atoms with Crippen molar-refractivity contribution in [1.29, 1.82) is 0 Å². The molecule has 1 aliphatic rings. The first-order chi connectivity index (χ1) is 7.58. The molecule has 0 spiro atoms. The lowest BCUT2D eigenvalue weighted by atomic mass is 9.77. The summed E-state index contributed by atoms with van der Waals surface area (Å²) in [6, 6.07) is 0. The fraction of sp³-hybridized carbons (Fsp3) is 1.00. The molecule has 1 aliphatic carbocycles. The van der Waals surface area contributed by atoms with Crippen LogP contribution in [0.15, 0.2) is 0 Å². The Labute approximate surface area is 102 Å². The number of hydrogen-bond donors (Lipinski definition) is 1. The van der Waals surface area contributed by atoms with Crippen molar-refractivity contribution in [2.75, 3.05) is 0 Å². The second-order valence-electron chi connectivity index (χ2n) is 6.26. The fourth-order valence-corrected chi connectivity index (χ4v) is 3.23. The van der Waals surface area contributed by atoms with Crippen molar-refractivity contribution >= 4 is 0 Å². The van der Waals surface area contributed by atoms with Crippen LogP contribution in [0.5, 0.6) is 0 Å². The van der Waals surface area contributed by atoms with E-state index >= 15 is 0 Å². The molecule has 0 aromatic rings. The van der Waals surface area contributed by atoms with E-state index in [-0.39, 0.29) is 6.10 Å². The summed E-state index contributed by atoms with van der Waals surface area (Å²) in [6.07, 6.45) is 11.3. The maximum Gasteiger partial charge on any atom is 0.0573 e. The molecule has 2 atom stereocenters. The minimum absolute atomic E-state index is 0.0425. The first-order valence-electron chi connectivity index (χ1n) is 7.26. The van der Waals surface area contributed by atoms with Crippen molar-refractivity contribution < 1.29 is 5.11 Å². The van der Waals surface area contributed by atoms with E-state index in [2.05, 4.69) is 20.8 Å². The molecule has 0 saturated heterocycles. The van der Waals surface area contributed by atoms with Crippen LogP contribution in [-0.4, -0.2) is 11.2 Å². The van der Waals surface area contributed by atoms with E-state index in [1.165, 1.54) is 51.4 Å². The zero-order valence-corrected chi connectivity index (χ0v) is 11.5. The summed E-state index contributed by atoms with van der Waals surface area (Å²) in [7, 11) is 0. The molecule has 1 saturated carbocycles. The Hall–Kier alpha value is -0.0400. The van der Waals surface area contributed by atoms with Gasteiger partial charge in [-0.05, 0) is 30.6 Å². The molecule has 0 aromatic heterocycles. The number of aliphatic hydroxyl groups excluding tert-OH is 1. The van der Waals surface area contributed by atoms with Crippen LogP contribution in [0.3, 0.4) is 0 Å². The van der Waals surface area contributed by atoms with E-state index in [0.717, 1.165) is 6.42 Å². The van der Waals surface area contributed by atoms with Crippen molar-refractivity contribution in [1.82, 2.24) is 0 Å². The summed E-state index contributed by atoms with van der Waals surface area (Å²) in [5.74, 6) is 0.554. The largest absolute Gasteiger partial charge is 0.393 e. The highest BCUT2D eigenvalue weighted by Gasteiger charge is 2.38. The highest BCUT2D eigenvalue weighted by Crippen LogP contribution is 2.45. The second-order valence-corrected chi connectivity index (χ2v) is 6.26. The maximum absolute atomic E-state index is 10.2. The van der Waals surface area contributed by atoms with Crippen LogP contribution in [0.4, 0.5) is 0 Å². The van der Waals surface area contributed by atoms with Crippen LogP contribution >= 0.6 is 0 Å². The molecular weight excluding hydrogens is 196 g/mol. The van der Waals surface area contributed by atoms with Gasteiger partial charge >= 0.3 is 0 Å². The molecule has 0 aromatic carbocycles. The third-order valence-electron chi connectivity index (χ3n) is 4.41. The first kappa shape index (κ1) is 14.0. The van der Waals surface area contributed by atoms with Crippen molar-refractivity contribution in [2.45, 2.75) is 84.7 Å². The molecule has 0 heterocycles. The molecule has 0 amide bonds. The van der Waals surface area contributed by atoms with Gasteiger partial charge in [0.15, 0.2) is 0 Å². The number of unbranched alkanes of at least 4 members (excludes halogenated alkanes) is 4. The van der Waals surface area contributed by atoms with Crippen LogP contribution in [0, 0.1) is 11.3 Å². The summed E-state index contributed by atoms with van der Waals surface area (Å²) in [6.45, 7) is 6.89. The molecule has 16 heavy (non-hydrogen) atoms. The molecule has 0 bridgehead atoms. The monoisotopic (exact) mass is 226 g/mol. The highest BCUT2D eigenvalue weighted by atomic mass is 16.3. The minimum Gasteiger partial charge on any atom is -0.393 e. The van der Waals surface area contributed by atoms with Gasteiger partial charge in [0.2, 0.25) is 0 Å². The van der Waals surface area contributed by atoms with Gasteiger partial charge in [0, 0.05) is 0 Å². The Morgan fingerprint density at radius 2 is 1.88 bits per heavy atom. The summed E-state index contributed by atoms with van der Waals surface area (Å²) < 4.78 is 0. The van der Waals surface area contributed by atoms with Crippen molar-refractivity contribution in [3.8, 4) is 0 Å². The van der Waals surface area contributed by atoms with Gasteiger partial charge in [-0.15, -0.1) is 0 Å². The average molecular weight is 226 g/mol. The first-order valence-corrected chi connectivity index (χ1v) is 7.26. The lowest BCUT2D eigenvalue weighted by Gasteiger charge is -2.31. The van der Waals surface area contributed by atoms with Gasteiger partial charge in [-0.25, -0.2) is 0 Å². The Morgan fingerprint density at radius 1 is 1.19 bits per heavy atom. The molecule has 1 N–H and O–H groups in total. The zero-order chi connectivity index (χ0) is 12.0. The van der Waals surface area contributed by atoms with Crippen LogP contribution in [0.1, 0.15) is 78.6 Å². The van der Waals surface area contributed by atoms with Gasteiger partial charge in [-0.1, -0.05) is 59.3 Å². The molecule has 2 unspecified atom stereocenters. The number of rotatable bonds is 7. The zero-order valence-electron chi connectivity index (χ0n) is 11.5. The van der Waals surface area contributed by atoms with Crippen molar-refractivity contribution in [3.63, 3.8) is 0 Å². The van der Waals surface area contributed by atoms with E-state index in [0.29, 0.717) is 11.3 Å². The molecule has 0 aliphatic heterocycles. The standard InChI is InChI=1S/C15H30O/c1-4-5-6-7-8-11-14(16)13-10-9-12-15(13,2)3/h13-14,16H,4-12H2,1-3H3. The summed E-state index contributed by atoms with van der Waals surface area (Å²) >= 11 is 0. The van der Waals surface area contributed by atoms with Gasteiger partial charge in [0.25, 0.3) is 0 Å². The number of aliphatic hydroxyl groups is 1. The van der Waals surface area contributed by atoms with Gasteiger partial charge in [0.1, 0.15) is 0 Å². The molecule has 96 valence electrons.